The van der Waals surface area contributed by atoms with Gasteiger partial charge < -0.3 is 24.6 Å². The smallest absolute Gasteiger partial charge is 0.398 e. The van der Waals surface area contributed by atoms with E-state index < -0.39 is 23.5 Å². The largest absolute Gasteiger partial charge is 0.489 e. The van der Waals surface area contributed by atoms with Crippen LogP contribution in [0.4, 0.5) is 13.2 Å². The average molecular weight is 500 g/mol. The fourth-order valence-electron chi connectivity index (χ4n) is 4.42. The van der Waals surface area contributed by atoms with Crippen molar-refractivity contribution in [3.8, 4) is 0 Å². The standard InChI is InChI=1S/C24H28F3NO5S/c1-14-20(34-22(28-14)16-3-4-23(24(25,26)27)12-17(23)10-16)13-33-19-8-15(9-21(29)30)7-18(11-19)32-6-5-31-2/h3-4,8,10-11,17-18,22,28H,5-7,9,12-13H2,1-2H3,(H,29,30). The van der Waals surface area contributed by atoms with Gasteiger partial charge in [0.25, 0.3) is 0 Å². The van der Waals surface area contributed by atoms with Crippen molar-refractivity contribution in [1.82, 2.24) is 5.32 Å². The third-order valence-corrected chi connectivity index (χ3v) is 7.74. The molecule has 4 aliphatic rings. The fraction of sp³-hybridized carbons (Fsp3) is 0.542. The molecule has 6 nitrogen and oxygen atoms in total. The van der Waals surface area contributed by atoms with E-state index in [1.807, 2.05) is 13.0 Å². The SMILES string of the molecule is COCCOC1C=C(OCC2=C(C)NC(C3=CC4CC4(C(F)(F)F)C=C3)S2)C=C(CC(=O)O)C1. The topological polar surface area (TPSA) is 77.0 Å². The lowest BCUT2D eigenvalue weighted by molar-refractivity contribution is -0.175. The molecule has 4 rings (SSSR count). The summed E-state index contributed by atoms with van der Waals surface area (Å²) < 4.78 is 56.7. The van der Waals surface area contributed by atoms with E-state index in [0.717, 1.165) is 16.2 Å². The summed E-state index contributed by atoms with van der Waals surface area (Å²) in [5, 5.41) is 12.3. The van der Waals surface area contributed by atoms with Gasteiger partial charge in [0.05, 0.1) is 31.2 Å². The van der Waals surface area contributed by atoms with Crippen molar-refractivity contribution in [2.75, 3.05) is 26.9 Å². The van der Waals surface area contributed by atoms with Crippen molar-refractivity contribution in [2.24, 2.45) is 11.3 Å². The summed E-state index contributed by atoms with van der Waals surface area (Å²) in [5.74, 6) is -0.867. The predicted molar refractivity (Wildman–Crippen MR) is 122 cm³/mol. The lowest BCUT2D eigenvalue weighted by Gasteiger charge is -2.22. The van der Waals surface area contributed by atoms with E-state index in [-0.39, 0.29) is 30.9 Å². The fourth-order valence-corrected chi connectivity index (χ4v) is 5.59. The van der Waals surface area contributed by atoms with Gasteiger partial charge in [0, 0.05) is 17.7 Å². The molecule has 4 unspecified atom stereocenters. The van der Waals surface area contributed by atoms with Crippen molar-refractivity contribution in [3.05, 3.63) is 57.9 Å². The van der Waals surface area contributed by atoms with Crippen LogP contribution in [0.5, 0.6) is 0 Å². The second-order valence-electron chi connectivity index (χ2n) is 8.88. The summed E-state index contributed by atoms with van der Waals surface area (Å²) in [4.78, 5) is 12.1. The zero-order valence-electron chi connectivity index (χ0n) is 19.0. The van der Waals surface area contributed by atoms with E-state index >= 15 is 0 Å². The van der Waals surface area contributed by atoms with Crippen LogP contribution in [0.25, 0.3) is 0 Å². The van der Waals surface area contributed by atoms with E-state index in [9.17, 15) is 23.1 Å². The van der Waals surface area contributed by atoms with Gasteiger partial charge >= 0.3 is 12.1 Å². The maximum absolute atomic E-state index is 13.3. The van der Waals surface area contributed by atoms with Crippen LogP contribution in [-0.4, -0.2) is 55.7 Å². The molecular formula is C24H28F3NO5S. The van der Waals surface area contributed by atoms with E-state index in [4.69, 9.17) is 14.2 Å². The number of thioether (sulfide) groups is 1. The molecule has 0 amide bonds. The molecule has 1 aliphatic heterocycles. The molecule has 1 heterocycles. The number of methoxy groups -OCH3 is 1. The zero-order valence-corrected chi connectivity index (χ0v) is 19.8. The molecule has 1 saturated carbocycles. The summed E-state index contributed by atoms with van der Waals surface area (Å²) in [6, 6.07) is 0. The van der Waals surface area contributed by atoms with Crippen molar-refractivity contribution < 1.29 is 37.3 Å². The lowest BCUT2D eigenvalue weighted by Crippen LogP contribution is -2.28. The van der Waals surface area contributed by atoms with Crippen LogP contribution in [-0.2, 0) is 19.0 Å². The molecule has 2 N–H and O–H groups in total. The van der Waals surface area contributed by atoms with Gasteiger partial charge in [-0.05, 0) is 43.4 Å². The number of carboxylic acid groups (broad SMARTS) is 1. The molecule has 10 heteroatoms. The monoisotopic (exact) mass is 499 g/mol. The number of rotatable bonds is 10. The number of carboxylic acids is 1. The predicted octanol–water partition coefficient (Wildman–Crippen LogP) is 4.68. The number of allylic oxidation sites excluding steroid dienone is 4. The Bertz CT molecular complexity index is 984. The van der Waals surface area contributed by atoms with Gasteiger partial charge in [-0.2, -0.15) is 13.2 Å². The van der Waals surface area contributed by atoms with Gasteiger partial charge in [0.1, 0.15) is 17.7 Å². The number of fused-ring (bicyclic) bond motifs is 1. The Morgan fingerprint density at radius 3 is 2.79 bits per heavy atom. The average Bonchev–Trinajstić information content (AvgIpc) is 3.40. The zero-order chi connectivity index (χ0) is 24.5. The number of halogens is 3. The van der Waals surface area contributed by atoms with E-state index in [1.54, 1.807) is 25.3 Å². The molecule has 0 saturated heterocycles. The summed E-state index contributed by atoms with van der Waals surface area (Å²) in [7, 11) is 1.58. The Balaban J connectivity index is 1.35. The first-order chi connectivity index (χ1) is 16.1. The van der Waals surface area contributed by atoms with Gasteiger partial charge in [-0.1, -0.05) is 35.6 Å². The van der Waals surface area contributed by atoms with Gasteiger partial charge in [-0.15, -0.1) is 0 Å². The van der Waals surface area contributed by atoms with E-state index in [2.05, 4.69) is 5.32 Å². The molecule has 0 radical (unpaired) electrons. The third-order valence-electron chi connectivity index (χ3n) is 6.41. The summed E-state index contributed by atoms with van der Waals surface area (Å²) >= 11 is 1.52. The van der Waals surface area contributed by atoms with Crippen molar-refractivity contribution in [2.45, 2.75) is 43.8 Å². The van der Waals surface area contributed by atoms with Crippen LogP contribution < -0.4 is 5.32 Å². The molecule has 0 aromatic rings. The highest BCUT2D eigenvalue weighted by atomic mass is 32.2. The first-order valence-corrected chi connectivity index (χ1v) is 12.0. The second-order valence-corrected chi connectivity index (χ2v) is 10.1. The Kier molecular flexibility index (Phi) is 7.21. The van der Waals surface area contributed by atoms with Crippen LogP contribution >= 0.6 is 11.8 Å². The molecule has 34 heavy (non-hydrogen) atoms. The summed E-state index contributed by atoms with van der Waals surface area (Å²) in [5.41, 5.74) is 0.785. The molecule has 186 valence electrons. The maximum atomic E-state index is 13.3. The maximum Gasteiger partial charge on any atom is 0.398 e. The van der Waals surface area contributed by atoms with Gasteiger partial charge in [-0.3, -0.25) is 4.79 Å². The number of aliphatic carboxylic acids is 1. The third kappa shape index (κ3) is 5.39. The van der Waals surface area contributed by atoms with Gasteiger partial charge in [0.2, 0.25) is 0 Å². The van der Waals surface area contributed by atoms with Crippen LogP contribution in [0.2, 0.25) is 0 Å². The normalized spacial score (nSPS) is 30.3. The Labute approximate surface area is 200 Å². The van der Waals surface area contributed by atoms with Crippen LogP contribution in [0.15, 0.2) is 57.9 Å². The van der Waals surface area contributed by atoms with Crippen molar-refractivity contribution in [1.29, 1.82) is 0 Å². The lowest BCUT2D eigenvalue weighted by atomic mass is 9.95. The Hall–Kier alpha value is -2.17. The van der Waals surface area contributed by atoms with Crippen LogP contribution in [0.1, 0.15) is 26.2 Å². The minimum atomic E-state index is -4.22. The first kappa shape index (κ1) is 24.9. The number of nitrogens with one attached hydrogen (secondary N) is 1. The minimum absolute atomic E-state index is 0.0913. The molecule has 0 aromatic heterocycles. The summed E-state index contributed by atoms with van der Waals surface area (Å²) in [6.45, 7) is 2.99. The van der Waals surface area contributed by atoms with Crippen LogP contribution in [0, 0.1) is 11.3 Å². The van der Waals surface area contributed by atoms with Gasteiger partial charge in [0.15, 0.2) is 0 Å². The minimum Gasteiger partial charge on any atom is -0.489 e. The number of hydrogen-bond donors (Lipinski definition) is 2. The van der Waals surface area contributed by atoms with Crippen molar-refractivity contribution in [3.63, 3.8) is 0 Å². The van der Waals surface area contributed by atoms with Crippen LogP contribution in [0.3, 0.4) is 0 Å². The molecule has 3 aliphatic carbocycles. The molecule has 0 spiro atoms. The summed E-state index contributed by atoms with van der Waals surface area (Å²) in [6.07, 6.45) is 4.19. The number of hydrogen-bond acceptors (Lipinski definition) is 6. The van der Waals surface area contributed by atoms with Gasteiger partial charge in [-0.25, -0.2) is 0 Å². The molecule has 4 atom stereocenters. The number of ether oxygens (including phenoxy) is 3. The van der Waals surface area contributed by atoms with Crippen molar-refractivity contribution >= 4 is 17.7 Å². The highest BCUT2D eigenvalue weighted by Crippen LogP contribution is 2.66. The number of carbonyl (C=O) groups is 1. The highest BCUT2D eigenvalue weighted by Gasteiger charge is 2.69. The molecular weight excluding hydrogens is 471 g/mol. The molecule has 0 bridgehead atoms. The second kappa shape index (κ2) is 9.83. The highest BCUT2D eigenvalue weighted by molar-refractivity contribution is 8.04. The van der Waals surface area contributed by atoms with E-state index in [0.29, 0.717) is 31.0 Å². The Morgan fingerprint density at radius 1 is 1.32 bits per heavy atom. The number of alkyl halides is 3. The Morgan fingerprint density at radius 2 is 2.12 bits per heavy atom. The quantitative estimate of drug-likeness (QED) is 0.423. The molecule has 1 fully saturated rings. The first-order valence-electron chi connectivity index (χ1n) is 11.1. The van der Waals surface area contributed by atoms with E-state index in [1.165, 1.54) is 17.8 Å². The molecule has 0 aromatic carbocycles.